The van der Waals surface area contributed by atoms with Gasteiger partial charge in [0.05, 0.1) is 11.9 Å². The molecule has 208 valence electrons. The highest BCUT2D eigenvalue weighted by molar-refractivity contribution is 7.92. The van der Waals surface area contributed by atoms with E-state index in [2.05, 4.69) is 5.32 Å². The number of aryl methyl sites for hydroxylation is 1. The summed E-state index contributed by atoms with van der Waals surface area (Å²) in [5, 5.41) is 2.99. The molecule has 0 saturated carbocycles. The zero-order valence-corrected chi connectivity index (χ0v) is 24.2. The third-order valence-corrected chi connectivity index (χ3v) is 7.80. The Bertz CT molecular complexity index is 1360. The minimum absolute atomic E-state index is 0.163. The van der Waals surface area contributed by atoms with Crippen LogP contribution in [0.15, 0.2) is 78.9 Å². The summed E-state index contributed by atoms with van der Waals surface area (Å²) in [5.41, 5.74) is 3.90. The molecule has 0 bridgehead atoms. The van der Waals surface area contributed by atoms with Gasteiger partial charge in [0.2, 0.25) is 21.8 Å². The first-order valence-electron chi connectivity index (χ1n) is 13.2. The maximum absolute atomic E-state index is 14.1. The molecule has 7 nitrogen and oxygen atoms in total. The number of amides is 2. The lowest BCUT2D eigenvalue weighted by molar-refractivity contribution is -0.140. The second kappa shape index (κ2) is 13.4. The van der Waals surface area contributed by atoms with Crippen LogP contribution in [0.1, 0.15) is 36.1 Å². The van der Waals surface area contributed by atoms with E-state index in [1.807, 2.05) is 94.4 Å². The molecule has 0 fully saturated rings. The molecule has 3 rings (SSSR count). The van der Waals surface area contributed by atoms with Crippen molar-refractivity contribution in [2.75, 3.05) is 23.7 Å². The number of benzene rings is 3. The Kier molecular flexibility index (Phi) is 10.3. The summed E-state index contributed by atoms with van der Waals surface area (Å²) in [5.74, 6) is -0.491. The molecule has 39 heavy (non-hydrogen) atoms. The molecule has 0 aliphatic heterocycles. The molecule has 0 aromatic heterocycles. The summed E-state index contributed by atoms with van der Waals surface area (Å²) in [6.45, 7) is 7.97. The summed E-state index contributed by atoms with van der Waals surface area (Å²) in [6.07, 6.45) is 1.39. The number of carbonyl (C=O) groups is 2. The molecular weight excluding hydrogens is 510 g/mol. The number of nitrogens with zero attached hydrogens (tertiary/aromatic N) is 2. The Labute approximate surface area is 232 Å². The van der Waals surface area contributed by atoms with Crippen molar-refractivity contribution in [1.82, 2.24) is 10.2 Å². The van der Waals surface area contributed by atoms with Gasteiger partial charge in [-0.05, 0) is 48.1 Å². The van der Waals surface area contributed by atoms with Gasteiger partial charge in [-0.3, -0.25) is 13.9 Å². The predicted octanol–water partition coefficient (Wildman–Crippen LogP) is 4.48. The van der Waals surface area contributed by atoms with Crippen molar-refractivity contribution < 1.29 is 18.0 Å². The van der Waals surface area contributed by atoms with Crippen LogP contribution in [0, 0.1) is 19.8 Å². The maximum atomic E-state index is 14.1. The molecule has 8 heteroatoms. The lowest BCUT2D eigenvalue weighted by atomic mass is 10.0. The largest absolute Gasteiger partial charge is 0.354 e. The van der Waals surface area contributed by atoms with E-state index in [0.29, 0.717) is 18.7 Å². The van der Waals surface area contributed by atoms with Crippen LogP contribution in [0.4, 0.5) is 5.69 Å². The first-order chi connectivity index (χ1) is 18.5. The van der Waals surface area contributed by atoms with Crippen molar-refractivity contribution >= 4 is 27.5 Å². The molecule has 0 radical (unpaired) electrons. The summed E-state index contributed by atoms with van der Waals surface area (Å²) in [7, 11) is -3.80. The van der Waals surface area contributed by atoms with Gasteiger partial charge < -0.3 is 10.2 Å². The van der Waals surface area contributed by atoms with Gasteiger partial charge in [0.1, 0.15) is 12.6 Å². The van der Waals surface area contributed by atoms with Gasteiger partial charge in [0, 0.05) is 19.5 Å². The molecule has 0 unspecified atom stereocenters. The van der Waals surface area contributed by atoms with Gasteiger partial charge in [-0.1, -0.05) is 86.6 Å². The van der Waals surface area contributed by atoms with Crippen LogP contribution < -0.4 is 9.62 Å². The Balaban J connectivity index is 2.05. The number of rotatable bonds is 12. The molecule has 1 N–H and O–H groups in total. The van der Waals surface area contributed by atoms with Crippen LogP contribution in [0.25, 0.3) is 0 Å². The van der Waals surface area contributed by atoms with Gasteiger partial charge >= 0.3 is 0 Å². The number of carbonyl (C=O) groups excluding carboxylic acids is 2. The van der Waals surface area contributed by atoms with E-state index in [0.717, 1.165) is 32.8 Å². The first-order valence-corrected chi connectivity index (χ1v) is 15.0. The average molecular weight is 550 g/mol. The zero-order valence-electron chi connectivity index (χ0n) is 23.4. The quantitative estimate of drug-likeness (QED) is 0.361. The van der Waals surface area contributed by atoms with E-state index in [1.54, 1.807) is 12.1 Å². The second-order valence-corrected chi connectivity index (χ2v) is 12.2. The van der Waals surface area contributed by atoms with Crippen molar-refractivity contribution in [3.63, 3.8) is 0 Å². The standard InChI is InChI=1S/C31H39N3O4S/c1-23(2)20-32-31(36)29(19-26-14-8-6-9-15-26)33(21-27-16-10-7-11-17-27)30(35)22-34(39(5,37)38)28-18-12-13-24(3)25(28)4/h6-18,23,29H,19-22H2,1-5H3,(H,32,36)/t29-/m1/s1. The van der Waals surface area contributed by atoms with E-state index in [4.69, 9.17) is 0 Å². The fourth-order valence-corrected chi connectivity index (χ4v) is 5.26. The Morgan fingerprint density at radius 3 is 2.00 bits per heavy atom. The maximum Gasteiger partial charge on any atom is 0.244 e. The lowest BCUT2D eigenvalue weighted by Gasteiger charge is -2.34. The van der Waals surface area contributed by atoms with Gasteiger partial charge in [-0.2, -0.15) is 0 Å². The number of sulfonamides is 1. The lowest BCUT2D eigenvalue weighted by Crippen LogP contribution is -2.53. The monoisotopic (exact) mass is 549 g/mol. The molecule has 0 aliphatic carbocycles. The zero-order chi connectivity index (χ0) is 28.6. The summed E-state index contributed by atoms with van der Waals surface area (Å²) < 4.78 is 27.1. The van der Waals surface area contributed by atoms with Crippen molar-refractivity contribution in [2.45, 2.75) is 46.7 Å². The second-order valence-electron chi connectivity index (χ2n) is 10.3. The van der Waals surface area contributed by atoms with Crippen LogP contribution in [-0.4, -0.2) is 50.5 Å². The third kappa shape index (κ3) is 8.42. The number of nitrogens with one attached hydrogen (secondary N) is 1. The van der Waals surface area contributed by atoms with Gasteiger partial charge in [0.15, 0.2) is 0 Å². The van der Waals surface area contributed by atoms with E-state index < -0.39 is 28.5 Å². The molecule has 1 atom stereocenters. The van der Waals surface area contributed by atoms with Gasteiger partial charge in [0.25, 0.3) is 0 Å². The summed E-state index contributed by atoms with van der Waals surface area (Å²) in [6, 6.07) is 23.5. The molecule has 3 aromatic carbocycles. The highest BCUT2D eigenvalue weighted by Crippen LogP contribution is 2.26. The minimum Gasteiger partial charge on any atom is -0.354 e. The minimum atomic E-state index is -3.80. The number of hydrogen-bond acceptors (Lipinski definition) is 4. The average Bonchev–Trinajstić information content (AvgIpc) is 2.90. The van der Waals surface area contributed by atoms with E-state index >= 15 is 0 Å². The van der Waals surface area contributed by atoms with Gasteiger partial charge in [-0.25, -0.2) is 8.42 Å². The van der Waals surface area contributed by atoms with Crippen LogP contribution >= 0.6 is 0 Å². The third-order valence-electron chi connectivity index (χ3n) is 6.68. The van der Waals surface area contributed by atoms with Gasteiger partial charge in [-0.15, -0.1) is 0 Å². The van der Waals surface area contributed by atoms with Crippen molar-refractivity contribution in [1.29, 1.82) is 0 Å². The molecular formula is C31H39N3O4S. The Hall–Kier alpha value is -3.65. The van der Waals surface area contributed by atoms with E-state index in [9.17, 15) is 18.0 Å². The normalized spacial score (nSPS) is 12.2. The molecule has 3 aromatic rings. The highest BCUT2D eigenvalue weighted by atomic mass is 32.2. The fourth-order valence-electron chi connectivity index (χ4n) is 4.36. The van der Waals surface area contributed by atoms with E-state index in [1.165, 1.54) is 4.90 Å². The van der Waals surface area contributed by atoms with E-state index in [-0.39, 0.29) is 18.4 Å². The smallest absolute Gasteiger partial charge is 0.244 e. The molecule has 0 aliphatic rings. The van der Waals surface area contributed by atoms with Crippen LogP contribution in [-0.2, 0) is 32.6 Å². The highest BCUT2D eigenvalue weighted by Gasteiger charge is 2.33. The van der Waals surface area contributed by atoms with Crippen molar-refractivity contribution in [3.05, 3.63) is 101 Å². The topological polar surface area (TPSA) is 86.8 Å². The van der Waals surface area contributed by atoms with Crippen molar-refractivity contribution in [2.24, 2.45) is 5.92 Å². The van der Waals surface area contributed by atoms with Crippen LogP contribution in [0.2, 0.25) is 0 Å². The Morgan fingerprint density at radius 2 is 1.44 bits per heavy atom. The molecule has 0 spiro atoms. The van der Waals surface area contributed by atoms with Crippen LogP contribution in [0.5, 0.6) is 0 Å². The first kappa shape index (κ1) is 29.9. The number of hydrogen-bond donors (Lipinski definition) is 1. The SMILES string of the molecule is Cc1cccc(N(CC(=O)N(Cc2ccccc2)[C@H](Cc2ccccc2)C(=O)NCC(C)C)S(C)(=O)=O)c1C. The molecule has 0 heterocycles. The summed E-state index contributed by atoms with van der Waals surface area (Å²) in [4.78, 5) is 29.2. The molecule has 0 saturated heterocycles. The predicted molar refractivity (Wildman–Crippen MR) is 157 cm³/mol. The summed E-state index contributed by atoms with van der Waals surface area (Å²) >= 11 is 0. The number of anilines is 1. The fraction of sp³-hybridized carbons (Fsp3) is 0.355. The molecule has 2 amide bonds. The van der Waals surface area contributed by atoms with Crippen LogP contribution in [0.3, 0.4) is 0 Å². The Morgan fingerprint density at radius 1 is 0.846 bits per heavy atom. The van der Waals surface area contributed by atoms with Crippen molar-refractivity contribution in [3.8, 4) is 0 Å².